The normalized spacial score (nSPS) is 18.8. The molecule has 7 nitrogen and oxygen atoms in total. The average molecular weight is 452 g/mol. The molecule has 7 heteroatoms. The predicted octanol–water partition coefficient (Wildman–Crippen LogP) is 4.19. The van der Waals surface area contributed by atoms with E-state index in [2.05, 4.69) is 0 Å². The minimum Gasteiger partial charge on any atom is -0.482 e. The van der Waals surface area contributed by atoms with Crippen molar-refractivity contribution >= 4 is 22.8 Å². The number of benzene rings is 2. The van der Waals surface area contributed by atoms with Crippen LogP contribution in [0.5, 0.6) is 5.75 Å². The number of aliphatic hydroxyl groups is 1. The first-order valence-corrected chi connectivity index (χ1v) is 11.2. The quantitative estimate of drug-likeness (QED) is 0.506. The summed E-state index contributed by atoms with van der Waals surface area (Å²) in [4.78, 5) is 26.0. The first kappa shape index (κ1) is 22.9. The number of amides is 1. The number of carboxylic acid groups (broad SMARTS) is 1. The summed E-state index contributed by atoms with van der Waals surface area (Å²) in [5.41, 5.74) is 2.55. The molecule has 3 aromatic rings. The maximum absolute atomic E-state index is 13.4. The number of carbonyl (C=O) groups is 2. The number of aliphatic hydroxyl groups excluding tert-OH is 1. The summed E-state index contributed by atoms with van der Waals surface area (Å²) in [5, 5.41) is 19.9. The summed E-state index contributed by atoms with van der Waals surface area (Å²) < 4.78 is 10.8. The lowest BCUT2D eigenvalue weighted by Gasteiger charge is -2.31. The van der Waals surface area contributed by atoms with Gasteiger partial charge in [0.05, 0.1) is 24.8 Å². The molecule has 33 heavy (non-hydrogen) atoms. The van der Waals surface area contributed by atoms with Crippen molar-refractivity contribution in [1.82, 2.24) is 4.90 Å². The second kappa shape index (κ2) is 10.1. The third-order valence-electron chi connectivity index (χ3n) is 6.46. The summed E-state index contributed by atoms with van der Waals surface area (Å²) >= 11 is 0. The van der Waals surface area contributed by atoms with Gasteiger partial charge >= 0.3 is 5.97 Å². The highest BCUT2D eigenvalue weighted by atomic mass is 16.5. The van der Waals surface area contributed by atoms with Crippen LogP contribution in [-0.4, -0.2) is 46.7 Å². The number of fused-ring (bicyclic) bond motifs is 1. The SMILES string of the molecule is CN(C(=O)Cc1cccc2occc12)[C@@H](CC1CC[C@H](O)C1)c1cccc(OCC(=O)O)c1. The van der Waals surface area contributed by atoms with Crippen LogP contribution in [-0.2, 0) is 16.0 Å². The number of carboxylic acids is 1. The van der Waals surface area contributed by atoms with Crippen molar-refractivity contribution in [3.63, 3.8) is 0 Å². The molecular formula is C26H29NO6. The highest BCUT2D eigenvalue weighted by molar-refractivity contribution is 5.87. The number of furan rings is 1. The summed E-state index contributed by atoms with van der Waals surface area (Å²) in [6.07, 6.45) is 4.72. The summed E-state index contributed by atoms with van der Waals surface area (Å²) in [6.45, 7) is -0.424. The summed E-state index contributed by atoms with van der Waals surface area (Å²) in [5.74, 6) is -0.307. The van der Waals surface area contributed by atoms with Gasteiger partial charge in [-0.15, -0.1) is 0 Å². The second-order valence-corrected chi connectivity index (χ2v) is 8.77. The number of hydrogen-bond acceptors (Lipinski definition) is 5. The first-order valence-electron chi connectivity index (χ1n) is 11.2. The third kappa shape index (κ3) is 5.54. The van der Waals surface area contributed by atoms with E-state index in [4.69, 9.17) is 14.3 Å². The van der Waals surface area contributed by atoms with E-state index in [0.29, 0.717) is 11.7 Å². The van der Waals surface area contributed by atoms with Crippen LogP contribution >= 0.6 is 0 Å². The van der Waals surface area contributed by atoms with Crippen LogP contribution in [0, 0.1) is 5.92 Å². The molecule has 1 aromatic heterocycles. The predicted molar refractivity (Wildman–Crippen MR) is 123 cm³/mol. The van der Waals surface area contributed by atoms with Gasteiger partial charge in [-0.1, -0.05) is 24.3 Å². The fraction of sp³-hybridized carbons (Fsp3) is 0.385. The zero-order valence-electron chi connectivity index (χ0n) is 18.6. The average Bonchev–Trinajstić information content (AvgIpc) is 3.45. The van der Waals surface area contributed by atoms with Crippen molar-refractivity contribution in [2.24, 2.45) is 5.92 Å². The van der Waals surface area contributed by atoms with Gasteiger partial charge in [0, 0.05) is 12.4 Å². The smallest absolute Gasteiger partial charge is 0.341 e. The molecule has 1 saturated carbocycles. The lowest BCUT2D eigenvalue weighted by atomic mass is 9.92. The van der Waals surface area contributed by atoms with E-state index in [1.54, 1.807) is 30.3 Å². The molecule has 0 aliphatic heterocycles. The molecule has 1 fully saturated rings. The zero-order valence-corrected chi connectivity index (χ0v) is 18.6. The monoisotopic (exact) mass is 451 g/mol. The molecule has 1 heterocycles. The van der Waals surface area contributed by atoms with Crippen molar-refractivity contribution in [2.45, 2.75) is 44.2 Å². The maximum atomic E-state index is 13.4. The molecule has 1 aliphatic rings. The molecule has 1 unspecified atom stereocenters. The number of rotatable bonds is 9. The number of nitrogens with zero attached hydrogens (tertiary/aromatic N) is 1. The fourth-order valence-corrected chi connectivity index (χ4v) is 4.73. The molecule has 0 saturated heterocycles. The number of ether oxygens (including phenoxy) is 1. The molecule has 2 N–H and O–H groups in total. The van der Waals surface area contributed by atoms with Crippen molar-refractivity contribution in [2.75, 3.05) is 13.7 Å². The maximum Gasteiger partial charge on any atom is 0.341 e. The Balaban J connectivity index is 1.57. The second-order valence-electron chi connectivity index (χ2n) is 8.77. The van der Waals surface area contributed by atoms with Gasteiger partial charge in [0.15, 0.2) is 6.61 Å². The van der Waals surface area contributed by atoms with Crippen LogP contribution in [0.1, 0.15) is 42.9 Å². The Morgan fingerprint density at radius 3 is 2.76 bits per heavy atom. The third-order valence-corrected chi connectivity index (χ3v) is 6.46. The highest BCUT2D eigenvalue weighted by Crippen LogP contribution is 2.37. The molecule has 1 amide bonds. The lowest BCUT2D eigenvalue weighted by Crippen LogP contribution is -2.33. The van der Waals surface area contributed by atoms with E-state index >= 15 is 0 Å². The van der Waals surface area contributed by atoms with E-state index in [1.807, 2.05) is 36.4 Å². The molecule has 0 spiro atoms. The number of hydrogen-bond donors (Lipinski definition) is 2. The molecule has 3 atom stereocenters. The van der Waals surface area contributed by atoms with Crippen molar-refractivity contribution in [3.8, 4) is 5.75 Å². The minimum absolute atomic E-state index is 0.0240. The van der Waals surface area contributed by atoms with Gasteiger partial charge in [0.1, 0.15) is 11.3 Å². The Hall–Kier alpha value is -3.32. The topological polar surface area (TPSA) is 100 Å². The molecule has 174 valence electrons. The summed E-state index contributed by atoms with van der Waals surface area (Å²) in [6, 6.07) is 14.6. The fourth-order valence-electron chi connectivity index (χ4n) is 4.73. The standard InChI is InChI=1S/C26H29NO6/c1-27(25(29)15-18-4-3-7-24-22(18)10-11-32-24)23(13-17-8-9-20(28)12-17)19-5-2-6-21(14-19)33-16-26(30)31/h2-7,10-11,14,17,20,23,28H,8-9,12-13,15-16H2,1H3,(H,30,31)/t17?,20-,23-/m0/s1. The Labute approximate surface area is 192 Å². The molecule has 0 bridgehead atoms. The van der Waals surface area contributed by atoms with Crippen LogP contribution < -0.4 is 4.74 Å². The summed E-state index contributed by atoms with van der Waals surface area (Å²) in [7, 11) is 1.80. The largest absolute Gasteiger partial charge is 0.482 e. The van der Waals surface area contributed by atoms with E-state index in [1.165, 1.54) is 0 Å². The van der Waals surface area contributed by atoms with Crippen molar-refractivity contribution < 1.29 is 29.0 Å². The van der Waals surface area contributed by atoms with Crippen LogP contribution in [0.15, 0.2) is 59.2 Å². The van der Waals surface area contributed by atoms with Gasteiger partial charge in [0.25, 0.3) is 0 Å². The van der Waals surface area contributed by atoms with Gasteiger partial charge in [-0.05, 0) is 67.0 Å². The van der Waals surface area contributed by atoms with E-state index in [0.717, 1.165) is 47.8 Å². The van der Waals surface area contributed by atoms with Crippen LogP contribution in [0.3, 0.4) is 0 Å². The van der Waals surface area contributed by atoms with Crippen LogP contribution in [0.4, 0.5) is 0 Å². The molecule has 1 aliphatic carbocycles. The highest BCUT2D eigenvalue weighted by Gasteiger charge is 2.30. The van der Waals surface area contributed by atoms with E-state index < -0.39 is 12.6 Å². The molecule has 4 rings (SSSR count). The Bertz CT molecular complexity index is 1120. The van der Waals surface area contributed by atoms with E-state index in [-0.39, 0.29) is 24.5 Å². The van der Waals surface area contributed by atoms with Gasteiger partial charge in [-0.3, -0.25) is 4.79 Å². The van der Waals surface area contributed by atoms with Gasteiger partial charge in [-0.2, -0.15) is 0 Å². The first-order chi connectivity index (χ1) is 15.9. The number of carbonyl (C=O) groups excluding carboxylic acids is 1. The Morgan fingerprint density at radius 1 is 1.18 bits per heavy atom. The number of likely N-dealkylation sites (N-methyl/N-ethyl adjacent to an activating group) is 1. The zero-order chi connectivity index (χ0) is 23.4. The van der Waals surface area contributed by atoms with E-state index in [9.17, 15) is 14.7 Å². The Morgan fingerprint density at radius 2 is 2.00 bits per heavy atom. The van der Waals surface area contributed by atoms with Crippen molar-refractivity contribution in [1.29, 1.82) is 0 Å². The van der Waals surface area contributed by atoms with Gasteiger partial charge < -0.3 is 24.3 Å². The molecular weight excluding hydrogens is 422 g/mol. The van der Waals surface area contributed by atoms with Crippen LogP contribution in [0.25, 0.3) is 11.0 Å². The van der Waals surface area contributed by atoms with Gasteiger partial charge in [0.2, 0.25) is 5.91 Å². The number of aliphatic carboxylic acids is 1. The minimum atomic E-state index is -1.04. The Kier molecular flexibility index (Phi) is 6.99. The van der Waals surface area contributed by atoms with Crippen molar-refractivity contribution in [3.05, 3.63) is 65.9 Å². The lowest BCUT2D eigenvalue weighted by molar-refractivity contribution is -0.139. The van der Waals surface area contributed by atoms with Gasteiger partial charge in [-0.25, -0.2) is 4.79 Å². The molecule has 2 aromatic carbocycles. The molecule has 0 radical (unpaired) electrons. The van der Waals surface area contributed by atoms with Crippen LogP contribution in [0.2, 0.25) is 0 Å².